The molecule has 1 aromatic carbocycles. The van der Waals surface area contributed by atoms with Gasteiger partial charge < -0.3 is 14.2 Å². The molecule has 0 aromatic heterocycles. The molecule has 1 aliphatic heterocycles. The molecule has 0 bridgehead atoms. The zero-order chi connectivity index (χ0) is 13.0. The lowest BCUT2D eigenvalue weighted by molar-refractivity contribution is 0.109. The normalized spacial score (nSPS) is 15.9. The van der Waals surface area contributed by atoms with Gasteiger partial charge in [-0.05, 0) is 39.0 Å². The second kappa shape index (κ2) is 5.44. The molecular formula is C15H20O3. The Bertz CT molecular complexity index is 435. The van der Waals surface area contributed by atoms with Gasteiger partial charge in [0.15, 0.2) is 0 Å². The van der Waals surface area contributed by atoms with Crippen LogP contribution in [0.5, 0.6) is 11.5 Å². The van der Waals surface area contributed by atoms with Crippen LogP contribution in [0.25, 0.3) is 6.08 Å². The van der Waals surface area contributed by atoms with Crippen molar-refractivity contribution in [3.63, 3.8) is 0 Å². The van der Waals surface area contributed by atoms with Crippen LogP contribution >= 0.6 is 0 Å². The smallest absolute Gasteiger partial charge is 0.131 e. The molecule has 0 saturated heterocycles. The first kappa shape index (κ1) is 13.0. The zero-order valence-electron chi connectivity index (χ0n) is 11.2. The molecule has 0 N–H and O–H groups in total. The van der Waals surface area contributed by atoms with E-state index >= 15 is 0 Å². The molecule has 3 nitrogen and oxygen atoms in total. The van der Waals surface area contributed by atoms with Crippen LogP contribution in [0.1, 0.15) is 26.3 Å². The van der Waals surface area contributed by atoms with Gasteiger partial charge >= 0.3 is 0 Å². The Labute approximate surface area is 108 Å². The molecule has 0 unspecified atom stereocenters. The summed E-state index contributed by atoms with van der Waals surface area (Å²) in [6.45, 7) is 7.94. The Morgan fingerprint density at radius 2 is 2.06 bits per heavy atom. The molecule has 0 spiro atoms. The van der Waals surface area contributed by atoms with Crippen molar-refractivity contribution in [1.82, 2.24) is 0 Å². The molecule has 3 heteroatoms. The number of fused-ring (bicyclic) bond motifs is 1. The fourth-order valence-corrected chi connectivity index (χ4v) is 1.80. The first-order valence-corrected chi connectivity index (χ1v) is 6.33. The van der Waals surface area contributed by atoms with E-state index in [1.807, 2.05) is 39.0 Å². The van der Waals surface area contributed by atoms with Gasteiger partial charge in [0, 0.05) is 18.2 Å². The molecule has 1 heterocycles. The Morgan fingerprint density at radius 3 is 2.83 bits per heavy atom. The number of hydrogen-bond acceptors (Lipinski definition) is 3. The second-order valence-corrected chi connectivity index (χ2v) is 4.78. The van der Waals surface area contributed by atoms with E-state index in [-0.39, 0.29) is 5.60 Å². The van der Waals surface area contributed by atoms with Gasteiger partial charge in [0.2, 0.25) is 0 Å². The van der Waals surface area contributed by atoms with Gasteiger partial charge in [-0.25, -0.2) is 0 Å². The Morgan fingerprint density at radius 1 is 1.22 bits per heavy atom. The third kappa shape index (κ3) is 3.26. The van der Waals surface area contributed by atoms with Crippen molar-refractivity contribution in [2.24, 2.45) is 0 Å². The fraction of sp³-hybridized carbons (Fsp3) is 0.467. The molecule has 0 fully saturated rings. The Hall–Kier alpha value is -1.48. The maximum absolute atomic E-state index is 5.89. The number of ether oxygens (including phenoxy) is 3. The molecule has 98 valence electrons. The van der Waals surface area contributed by atoms with E-state index in [9.17, 15) is 0 Å². The molecule has 1 aromatic rings. The van der Waals surface area contributed by atoms with E-state index in [1.165, 1.54) is 0 Å². The van der Waals surface area contributed by atoms with Gasteiger partial charge in [-0.3, -0.25) is 0 Å². The summed E-state index contributed by atoms with van der Waals surface area (Å²) in [6.07, 6.45) is 4.15. The van der Waals surface area contributed by atoms with Crippen LogP contribution in [0.15, 0.2) is 24.3 Å². The highest BCUT2D eigenvalue weighted by Crippen LogP contribution is 2.33. The number of rotatable bonds is 5. The maximum Gasteiger partial charge on any atom is 0.131 e. The average molecular weight is 248 g/mol. The van der Waals surface area contributed by atoms with Crippen LogP contribution in [0.4, 0.5) is 0 Å². The minimum Gasteiger partial charge on any atom is -0.491 e. The van der Waals surface area contributed by atoms with E-state index in [4.69, 9.17) is 14.2 Å². The summed E-state index contributed by atoms with van der Waals surface area (Å²) < 4.78 is 16.7. The van der Waals surface area contributed by atoms with Gasteiger partial charge in [0.05, 0.1) is 6.61 Å². The fourth-order valence-electron chi connectivity index (χ4n) is 1.80. The Balaban J connectivity index is 2.02. The van der Waals surface area contributed by atoms with Gasteiger partial charge in [-0.15, -0.1) is 0 Å². The van der Waals surface area contributed by atoms with E-state index in [1.54, 1.807) is 0 Å². The van der Waals surface area contributed by atoms with Crippen molar-refractivity contribution in [1.29, 1.82) is 0 Å². The Kier molecular flexibility index (Phi) is 3.92. The quantitative estimate of drug-likeness (QED) is 0.748. The highest BCUT2D eigenvalue weighted by atomic mass is 16.5. The maximum atomic E-state index is 5.89. The lowest BCUT2D eigenvalue weighted by Crippen LogP contribution is -2.27. The topological polar surface area (TPSA) is 27.7 Å². The van der Waals surface area contributed by atoms with Crippen molar-refractivity contribution in [2.45, 2.75) is 26.4 Å². The van der Waals surface area contributed by atoms with E-state index < -0.39 is 0 Å². The summed E-state index contributed by atoms with van der Waals surface area (Å²) in [4.78, 5) is 0. The molecular weight excluding hydrogens is 228 g/mol. The lowest BCUT2D eigenvalue weighted by atomic mass is 10.0. The van der Waals surface area contributed by atoms with Crippen LogP contribution in [0.2, 0.25) is 0 Å². The van der Waals surface area contributed by atoms with Crippen LogP contribution in [0.3, 0.4) is 0 Å². The molecule has 2 rings (SSSR count). The molecule has 18 heavy (non-hydrogen) atoms. The van der Waals surface area contributed by atoms with Crippen molar-refractivity contribution >= 4 is 6.08 Å². The molecule has 0 atom stereocenters. The summed E-state index contributed by atoms with van der Waals surface area (Å²) in [7, 11) is 0. The van der Waals surface area contributed by atoms with E-state index in [2.05, 4.69) is 12.2 Å². The molecule has 0 amide bonds. The van der Waals surface area contributed by atoms with E-state index in [0.29, 0.717) is 13.2 Å². The third-order valence-corrected chi connectivity index (χ3v) is 2.72. The van der Waals surface area contributed by atoms with Crippen molar-refractivity contribution in [3.05, 3.63) is 29.8 Å². The average Bonchev–Trinajstić information content (AvgIpc) is 2.33. The van der Waals surface area contributed by atoms with Crippen LogP contribution in [0, 0.1) is 0 Å². The predicted molar refractivity (Wildman–Crippen MR) is 72.2 cm³/mol. The van der Waals surface area contributed by atoms with E-state index in [0.717, 1.165) is 23.7 Å². The van der Waals surface area contributed by atoms with Gasteiger partial charge in [0.25, 0.3) is 0 Å². The van der Waals surface area contributed by atoms with Gasteiger partial charge in [0.1, 0.15) is 23.7 Å². The summed E-state index contributed by atoms with van der Waals surface area (Å²) in [5, 5.41) is 0. The molecule has 0 radical (unpaired) electrons. The minimum atomic E-state index is -0.253. The van der Waals surface area contributed by atoms with Crippen molar-refractivity contribution in [2.75, 3.05) is 19.8 Å². The van der Waals surface area contributed by atoms with Crippen LogP contribution in [-0.4, -0.2) is 25.4 Å². The van der Waals surface area contributed by atoms with Gasteiger partial charge in [-0.2, -0.15) is 0 Å². The largest absolute Gasteiger partial charge is 0.491 e. The SMILES string of the molecule is CCOCCOc1ccc2c(c1)OC(C)(C)C=C2. The molecule has 0 saturated carbocycles. The van der Waals surface area contributed by atoms with Crippen molar-refractivity contribution in [3.8, 4) is 11.5 Å². The molecule has 1 aliphatic rings. The van der Waals surface area contributed by atoms with Gasteiger partial charge in [-0.1, -0.05) is 6.08 Å². The molecule has 0 aliphatic carbocycles. The third-order valence-electron chi connectivity index (χ3n) is 2.72. The predicted octanol–water partition coefficient (Wildman–Crippen LogP) is 3.29. The summed E-state index contributed by atoms with van der Waals surface area (Å²) in [5.74, 6) is 1.69. The first-order valence-electron chi connectivity index (χ1n) is 6.33. The lowest BCUT2D eigenvalue weighted by Gasteiger charge is -2.28. The number of benzene rings is 1. The first-order chi connectivity index (χ1) is 8.61. The summed E-state index contributed by atoms with van der Waals surface area (Å²) in [6, 6.07) is 5.90. The number of hydrogen-bond donors (Lipinski definition) is 0. The highest BCUT2D eigenvalue weighted by molar-refractivity contribution is 5.62. The zero-order valence-corrected chi connectivity index (χ0v) is 11.2. The monoisotopic (exact) mass is 248 g/mol. The van der Waals surface area contributed by atoms with Crippen LogP contribution in [-0.2, 0) is 4.74 Å². The highest BCUT2D eigenvalue weighted by Gasteiger charge is 2.21. The minimum absolute atomic E-state index is 0.253. The summed E-state index contributed by atoms with van der Waals surface area (Å²) >= 11 is 0. The standard InChI is InChI=1S/C15H20O3/c1-4-16-9-10-17-13-6-5-12-7-8-15(2,3)18-14(12)11-13/h5-8,11H,4,9-10H2,1-3H3. The van der Waals surface area contributed by atoms with Crippen molar-refractivity contribution < 1.29 is 14.2 Å². The summed E-state index contributed by atoms with van der Waals surface area (Å²) in [5.41, 5.74) is 0.836. The second-order valence-electron chi connectivity index (χ2n) is 4.78. The van der Waals surface area contributed by atoms with Crippen LogP contribution < -0.4 is 9.47 Å².